The molecule has 2 atom stereocenters. The topological polar surface area (TPSA) is 92.4 Å². The number of carboxylic acids is 1. The van der Waals surface area contributed by atoms with Crippen LogP contribution in [0.3, 0.4) is 0 Å². The van der Waals surface area contributed by atoms with Crippen LogP contribution in [0.15, 0.2) is 24.3 Å². The van der Waals surface area contributed by atoms with Crippen molar-refractivity contribution in [2.75, 3.05) is 6.54 Å². The van der Waals surface area contributed by atoms with Crippen molar-refractivity contribution < 1.29 is 14.7 Å². The molecule has 1 aromatic carbocycles. The Morgan fingerprint density at radius 2 is 1.95 bits per heavy atom. The lowest BCUT2D eigenvalue weighted by atomic mass is 9.96. The van der Waals surface area contributed by atoms with E-state index in [2.05, 4.69) is 5.32 Å². The number of carboxylic acid groups (broad SMARTS) is 1. The maximum Gasteiger partial charge on any atom is 0.306 e. The van der Waals surface area contributed by atoms with Crippen molar-refractivity contribution in [3.8, 4) is 0 Å². The third kappa shape index (κ3) is 3.57. The first-order valence-electron chi connectivity index (χ1n) is 6.90. The van der Waals surface area contributed by atoms with Crippen molar-refractivity contribution >= 4 is 11.9 Å². The summed E-state index contributed by atoms with van der Waals surface area (Å²) in [6.07, 6.45) is 2.76. The minimum Gasteiger partial charge on any atom is -0.481 e. The molecule has 5 nitrogen and oxygen atoms in total. The van der Waals surface area contributed by atoms with Crippen molar-refractivity contribution in [2.24, 2.45) is 17.6 Å². The summed E-state index contributed by atoms with van der Waals surface area (Å²) in [5.74, 6) is -1.10. The number of hydrogen-bond donors (Lipinski definition) is 3. The summed E-state index contributed by atoms with van der Waals surface area (Å²) in [6, 6.07) is 7.12. The van der Waals surface area contributed by atoms with E-state index in [0.717, 1.165) is 24.8 Å². The molecule has 0 aliphatic heterocycles. The summed E-state index contributed by atoms with van der Waals surface area (Å²) < 4.78 is 0. The van der Waals surface area contributed by atoms with Crippen molar-refractivity contribution in [1.82, 2.24) is 5.32 Å². The molecule has 4 N–H and O–H groups in total. The van der Waals surface area contributed by atoms with Gasteiger partial charge in [-0.15, -0.1) is 0 Å². The second-order valence-corrected chi connectivity index (χ2v) is 5.33. The first-order valence-corrected chi connectivity index (χ1v) is 6.90. The molecule has 2 unspecified atom stereocenters. The molecule has 0 aromatic heterocycles. The lowest BCUT2D eigenvalue weighted by Crippen LogP contribution is -2.28. The predicted molar refractivity (Wildman–Crippen MR) is 75.1 cm³/mol. The Bertz CT molecular complexity index is 484. The van der Waals surface area contributed by atoms with Gasteiger partial charge in [0.1, 0.15) is 0 Å². The van der Waals surface area contributed by atoms with E-state index in [4.69, 9.17) is 10.8 Å². The number of nitrogens with one attached hydrogen (secondary N) is 1. The average molecular weight is 276 g/mol. The molecule has 0 bridgehead atoms. The number of hydrogen-bond acceptors (Lipinski definition) is 3. The molecule has 1 aromatic rings. The first kappa shape index (κ1) is 14.5. The van der Waals surface area contributed by atoms with E-state index >= 15 is 0 Å². The predicted octanol–water partition coefficient (Wildman–Crippen LogP) is 1.38. The molecule has 108 valence electrons. The van der Waals surface area contributed by atoms with E-state index in [1.165, 1.54) is 0 Å². The fraction of sp³-hybridized carbons (Fsp3) is 0.467. The Balaban J connectivity index is 1.81. The van der Waals surface area contributed by atoms with Gasteiger partial charge in [0, 0.05) is 12.1 Å². The van der Waals surface area contributed by atoms with E-state index in [9.17, 15) is 9.59 Å². The van der Waals surface area contributed by atoms with Crippen LogP contribution >= 0.6 is 0 Å². The van der Waals surface area contributed by atoms with Crippen LogP contribution in [0.1, 0.15) is 35.2 Å². The highest BCUT2D eigenvalue weighted by atomic mass is 16.4. The molecule has 0 radical (unpaired) electrons. The lowest BCUT2D eigenvalue weighted by molar-refractivity contribution is -0.142. The number of primary amides is 1. The Kier molecular flexibility index (Phi) is 4.74. The second-order valence-electron chi connectivity index (χ2n) is 5.33. The third-order valence-corrected chi connectivity index (χ3v) is 3.95. The van der Waals surface area contributed by atoms with Gasteiger partial charge in [0.05, 0.1) is 5.92 Å². The summed E-state index contributed by atoms with van der Waals surface area (Å²) in [5, 5.41) is 12.4. The Morgan fingerprint density at radius 1 is 1.25 bits per heavy atom. The third-order valence-electron chi connectivity index (χ3n) is 3.95. The molecule has 0 heterocycles. The smallest absolute Gasteiger partial charge is 0.306 e. The van der Waals surface area contributed by atoms with Crippen LogP contribution in [0.2, 0.25) is 0 Å². The standard InChI is InChI=1S/C15H20N2O3/c16-14(18)11-6-4-10(5-7-11)8-17-9-12-2-1-3-13(12)15(19)20/h4-7,12-13,17H,1-3,8-9H2,(H2,16,18)(H,19,20). The molecular weight excluding hydrogens is 256 g/mol. The van der Waals surface area contributed by atoms with Gasteiger partial charge >= 0.3 is 5.97 Å². The minimum atomic E-state index is -0.680. The fourth-order valence-corrected chi connectivity index (χ4v) is 2.80. The number of nitrogens with two attached hydrogens (primary N) is 1. The van der Waals surface area contributed by atoms with Gasteiger partial charge in [0.2, 0.25) is 5.91 Å². The van der Waals surface area contributed by atoms with Gasteiger partial charge in [-0.2, -0.15) is 0 Å². The summed E-state index contributed by atoms with van der Waals surface area (Å²) in [5.41, 5.74) is 6.73. The molecular formula is C15H20N2O3. The highest BCUT2D eigenvalue weighted by Gasteiger charge is 2.32. The zero-order valence-electron chi connectivity index (χ0n) is 11.3. The lowest BCUT2D eigenvalue weighted by Gasteiger charge is -2.16. The van der Waals surface area contributed by atoms with Gasteiger partial charge in [-0.3, -0.25) is 9.59 Å². The van der Waals surface area contributed by atoms with Gasteiger partial charge in [-0.1, -0.05) is 18.6 Å². The second kappa shape index (κ2) is 6.52. The van der Waals surface area contributed by atoms with E-state index in [-0.39, 0.29) is 11.8 Å². The number of rotatable bonds is 6. The molecule has 5 heteroatoms. The SMILES string of the molecule is NC(=O)c1ccc(CNCC2CCCC2C(=O)O)cc1. The van der Waals surface area contributed by atoms with E-state index in [1.807, 2.05) is 12.1 Å². The average Bonchev–Trinajstić information content (AvgIpc) is 2.88. The molecule has 1 aliphatic rings. The van der Waals surface area contributed by atoms with Crippen LogP contribution in [-0.2, 0) is 11.3 Å². The van der Waals surface area contributed by atoms with Gasteiger partial charge in [-0.25, -0.2) is 0 Å². The fourth-order valence-electron chi connectivity index (χ4n) is 2.80. The van der Waals surface area contributed by atoms with Gasteiger partial charge < -0.3 is 16.2 Å². The number of carbonyl (C=O) groups excluding carboxylic acids is 1. The number of carbonyl (C=O) groups is 2. The van der Waals surface area contributed by atoms with Crippen molar-refractivity contribution in [3.63, 3.8) is 0 Å². The highest BCUT2D eigenvalue weighted by molar-refractivity contribution is 5.92. The van der Waals surface area contributed by atoms with Crippen molar-refractivity contribution in [2.45, 2.75) is 25.8 Å². The molecule has 0 saturated heterocycles. The van der Waals surface area contributed by atoms with Crippen LogP contribution in [0.25, 0.3) is 0 Å². The van der Waals surface area contributed by atoms with Crippen LogP contribution < -0.4 is 11.1 Å². The molecule has 2 rings (SSSR count). The van der Waals surface area contributed by atoms with Crippen LogP contribution in [0, 0.1) is 11.8 Å². The molecule has 1 amide bonds. The molecule has 1 saturated carbocycles. The normalized spacial score (nSPS) is 21.8. The molecule has 20 heavy (non-hydrogen) atoms. The monoisotopic (exact) mass is 276 g/mol. The summed E-state index contributed by atoms with van der Waals surface area (Å²) >= 11 is 0. The molecule has 1 fully saturated rings. The van der Waals surface area contributed by atoms with E-state index in [1.54, 1.807) is 12.1 Å². The number of aliphatic carboxylic acids is 1. The Labute approximate surface area is 118 Å². The Hall–Kier alpha value is -1.88. The summed E-state index contributed by atoms with van der Waals surface area (Å²) in [6.45, 7) is 1.39. The van der Waals surface area contributed by atoms with Crippen molar-refractivity contribution in [1.29, 1.82) is 0 Å². The van der Waals surface area contributed by atoms with E-state index in [0.29, 0.717) is 18.7 Å². The zero-order valence-corrected chi connectivity index (χ0v) is 11.3. The highest BCUT2D eigenvalue weighted by Crippen LogP contribution is 2.31. The summed E-state index contributed by atoms with van der Waals surface area (Å²) in [7, 11) is 0. The first-order chi connectivity index (χ1) is 9.58. The summed E-state index contributed by atoms with van der Waals surface area (Å²) in [4.78, 5) is 22.0. The number of amides is 1. The van der Waals surface area contributed by atoms with E-state index < -0.39 is 11.9 Å². The van der Waals surface area contributed by atoms with Crippen LogP contribution in [-0.4, -0.2) is 23.5 Å². The van der Waals surface area contributed by atoms with Crippen LogP contribution in [0.4, 0.5) is 0 Å². The maximum absolute atomic E-state index is 11.1. The van der Waals surface area contributed by atoms with Gasteiger partial charge in [0.15, 0.2) is 0 Å². The van der Waals surface area contributed by atoms with Gasteiger partial charge in [-0.05, 0) is 43.0 Å². The largest absolute Gasteiger partial charge is 0.481 e. The van der Waals surface area contributed by atoms with Crippen molar-refractivity contribution in [3.05, 3.63) is 35.4 Å². The van der Waals surface area contributed by atoms with Gasteiger partial charge in [0.25, 0.3) is 0 Å². The number of benzene rings is 1. The Morgan fingerprint density at radius 3 is 2.55 bits per heavy atom. The zero-order chi connectivity index (χ0) is 14.5. The maximum atomic E-state index is 11.1. The van der Waals surface area contributed by atoms with Crippen LogP contribution in [0.5, 0.6) is 0 Å². The minimum absolute atomic E-state index is 0.209. The molecule has 1 aliphatic carbocycles. The quantitative estimate of drug-likeness (QED) is 0.731. The molecule has 0 spiro atoms.